The summed E-state index contributed by atoms with van der Waals surface area (Å²) in [4.78, 5) is 20.1. The van der Waals surface area contributed by atoms with Crippen molar-refractivity contribution in [2.24, 2.45) is 5.92 Å². The van der Waals surface area contributed by atoms with Crippen LogP contribution in [-0.4, -0.2) is 15.9 Å². The minimum absolute atomic E-state index is 0.101. The molecule has 0 spiro atoms. The fourth-order valence-electron chi connectivity index (χ4n) is 2.53. The molecular formula is C16H17N3O2. The highest BCUT2D eigenvalue weighted by atomic mass is 16.5. The number of ether oxygens (including phenoxy) is 1. The van der Waals surface area contributed by atoms with Crippen molar-refractivity contribution in [1.29, 1.82) is 0 Å². The van der Waals surface area contributed by atoms with Crippen molar-refractivity contribution in [2.45, 2.75) is 25.7 Å². The van der Waals surface area contributed by atoms with Gasteiger partial charge in [0.15, 0.2) is 0 Å². The van der Waals surface area contributed by atoms with Gasteiger partial charge in [0.25, 0.3) is 0 Å². The standard InChI is InChI=1S/C16H17N3O2/c20-16(12-4-1-2-5-12)19-13-6-3-7-14(10-13)21-15-11-17-8-9-18-15/h3,6-12H,1-2,4-5H2,(H,19,20). The number of benzene rings is 1. The van der Waals surface area contributed by atoms with E-state index >= 15 is 0 Å². The van der Waals surface area contributed by atoms with E-state index in [0.29, 0.717) is 11.6 Å². The summed E-state index contributed by atoms with van der Waals surface area (Å²) in [5, 5.41) is 2.96. The molecule has 0 aliphatic heterocycles. The maximum absolute atomic E-state index is 12.1. The first-order chi connectivity index (χ1) is 10.3. The number of rotatable bonds is 4. The molecule has 0 unspecified atom stereocenters. The normalized spacial score (nSPS) is 14.9. The van der Waals surface area contributed by atoms with Gasteiger partial charge in [-0.1, -0.05) is 18.9 Å². The van der Waals surface area contributed by atoms with Gasteiger partial charge in [0, 0.05) is 30.1 Å². The first kappa shape index (κ1) is 13.5. The fourth-order valence-corrected chi connectivity index (χ4v) is 2.53. The zero-order chi connectivity index (χ0) is 14.5. The summed E-state index contributed by atoms with van der Waals surface area (Å²) in [7, 11) is 0. The zero-order valence-corrected chi connectivity index (χ0v) is 11.7. The topological polar surface area (TPSA) is 64.1 Å². The van der Waals surface area contributed by atoms with E-state index in [1.807, 2.05) is 18.2 Å². The van der Waals surface area contributed by atoms with E-state index in [1.54, 1.807) is 24.7 Å². The highest BCUT2D eigenvalue weighted by molar-refractivity contribution is 5.92. The summed E-state index contributed by atoms with van der Waals surface area (Å²) in [5.74, 6) is 1.30. The first-order valence-electron chi connectivity index (χ1n) is 7.16. The molecule has 1 aliphatic rings. The Hall–Kier alpha value is -2.43. The van der Waals surface area contributed by atoms with Gasteiger partial charge >= 0.3 is 0 Å². The average molecular weight is 283 g/mol. The molecule has 3 rings (SSSR count). The molecule has 0 atom stereocenters. The van der Waals surface area contributed by atoms with E-state index in [4.69, 9.17) is 4.74 Å². The molecule has 1 amide bonds. The molecule has 1 N–H and O–H groups in total. The number of anilines is 1. The van der Waals surface area contributed by atoms with Crippen molar-refractivity contribution in [3.05, 3.63) is 42.9 Å². The van der Waals surface area contributed by atoms with Crippen LogP contribution in [0.2, 0.25) is 0 Å². The Morgan fingerprint density at radius 2 is 2.10 bits per heavy atom. The molecule has 0 radical (unpaired) electrons. The zero-order valence-electron chi connectivity index (χ0n) is 11.7. The van der Waals surface area contributed by atoms with Gasteiger partial charge < -0.3 is 10.1 Å². The van der Waals surface area contributed by atoms with Crippen molar-refractivity contribution in [3.8, 4) is 11.6 Å². The molecule has 2 aromatic rings. The van der Waals surface area contributed by atoms with E-state index in [1.165, 1.54) is 0 Å². The van der Waals surface area contributed by atoms with Crippen molar-refractivity contribution in [3.63, 3.8) is 0 Å². The highest BCUT2D eigenvalue weighted by Crippen LogP contribution is 2.27. The molecule has 21 heavy (non-hydrogen) atoms. The van der Waals surface area contributed by atoms with Crippen molar-refractivity contribution in [2.75, 3.05) is 5.32 Å². The number of nitrogens with zero attached hydrogens (tertiary/aromatic N) is 2. The molecule has 0 bridgehead atoms. The maximum Gasteiger partial charge on any atom is 0.237 e. The number of amides is 1. The SMILES string of the molecule is O=C(Nc1cccc(Oc2cnccn2)c1)C1CCCC1. The Morgan fingerprint density at radius 1 is 1.24 bits per heavy atom. The molecule has 1 saturated carbocycles. The van der Waals surface area contributed by atoms with Gasteiger partial charge in [-0.15, -0.1) is 0 Å². The average Bonchev–Trinajstić information content (AvgIpc) is 3.03. The molecule has 0 saturated heterocycles. The molecule has 1 aliphatic carbocycles. The summed E-state index contributed by atoms with van der Waals surface area (Å²) in [6.45, 7) is 0. The van der Waals surface area contributed by atoms with Crippen LogP contribution in [0.15, 0.2) is 42.9 Å². The third-order valence-corrected chi connectivity index (χ3v) is 3.59. The smallest absolute Gasteiger partial charge is 0.237 e. The predicted octanol–water partition coefficient (Wildman–Crippen LogP) is 3.40. The molecule has 1 fully saturated rings. The van der Waals surface area contributed by atoms with E-state index < -0.39 is 0 Å². The van der Waals surface area contributed by atoms with Gasteiger partial charge in [0.05, 0.1) is 6.20 Å². The monoisotopic (exact) mass is 283 g/mol. The van der Waals surface area contributed by atoms with Crippen LogP contribution in [0.4, 0.5) is 5.69 Å². The lowest BCUT2D eigenvalue weighted by molar-refractivity contribution is -0.119. The van der Waals surface area contributed by atoms with Crippen molar-refractivity contribution >= 4 is 11.6 Å². The Bertz CT molecular complexity index is 610. The summed E-state index contributed by atoms with van der Waals surface area (Å²) < 4.78 is 5.60. The molecule has 5 heteroatoms. The van der Waals surface area contributed by atoms with Crippen LogP contribution in [0, 0.1) is 5.92 Å². The Morgan fingerprint density at radius 3 is 2.86 bits per heavy atom. The minimum atomic E-state index is 0.101. The van der Waals surface area contributed by atoms with Gasteiger partial charge in [-0.25, -0.2) is 4.98 Å². The van der Waals surface area contributed by atoms with E-state index in [2.05, 4.69) is 15.3 Å². The lowest BCUT2D eigenvalue weighted by atomic mass is 10.1. The number of carbonyl (C=O) groups is 1. The predicted molar refractivity (Wildman–Crippen MR) is 79.1 cm³/mol. The number of nitrogens with one attached hydrogen (secondary N) is 1. The highest BCUT2D eigenvalue weighted by Gasteiger charge is 2.22. The van der Waals surface area contributed by atoms with Crippen LogP contribution in [0.1, 0.15) is 25.7 Å². The minimum Gasteiger partial charge on any atom is -0.437 e. The lowest BCUT2D eigenvalue weighted by Crippen LogP contribution is -2.20. The largest absolute Gasteiger partial charge is 0.437 e. The molecular weight excluding hydrogens is 266 g/mol. The first-order valence-corrected chi connectivity index (χ1v) is 7.16. The molecule has 1 aromatic carbocycles. The Balaban J connectivity index is 1.66. The Kier molecular flexibility index (Phi) is 4.09. The van der Waals surface area contributed by atoms with Crippen LogP contribution >= 0.6 is 0 Å². The van der Waals surface area contributed by atoms with E-state index in [-0.39, 0.29) is 11.8 Å². The van der Waals surface area contributed by atoms with Crippen LogP contribution in [0.25, 0.3) is 0 Å². The Labute approximate surface area is 123 Å². The van der Waals surface area contributed by atoms with Gasteiger partial charge in [-0.2, -0.15) is 0 Å². The maximum atomic E-state index is 12.1. The second-order valence-electron chi connectivity index (χ2n) is 5.14. The van der Waals surface area contributed by atoms with Crippen molar-refractivity contribution in [1.82, 2.24) is 9.97 Å². The summed E-state index contributed by atoms with van der Waals surface area (Å²) >= 11 is 0. The van der Waals surface area contributed by atoms with Gasteiger partial charge in [-0.05, 0) is 25.0 Å². The van der Waals surface area contributed by atoms with Crippen LogP contribution < -0.4 is 10.1 Å². The van der Waals surface area contributed by atoms with Gasteiger partial charge in [0.1, 0.15) is 5.75 Å². The fraction of sp³-hybridized carbons (Fsp3) is 0.312. The van der Waals surface area contributed by atoms with E-state index in [0.717, 1.165) is 31.4 Å². The third kappa shape index (κ3) is 3.56. The summed E-state index contributed by atoms with van der Waals surface area (Å²) in [6.07, 6.45) is 8.97. The van der Waals surface area contributed by atoms with Gasteiger partial charge in [0.2, 0.25) is 11.8 Å². The number of hydrogen-bond acceptors (Lipinski definition) is 4. The lowest BCUT2D eigenvalue weighted by Gasteiger charge is -2.11. The number of carbonyl (C=O) groups excluding carboxylic acids is 1. The van der Waals surface area contributed by atoms with Crippen LogP contribution in [0.5, 0.6) is 11.6 Å². The van der Waals surface area contributed by atoms with Crippen LogP contribution in [0.3, 0.4) is 0 Å². The van der Waals surface area contributed by atoms with Gasteiger partial charge in [-0.3, -0.25) is 9.78 Å². The number of hydrogen-bond donors (Lipinski definition) is 1. The molecule has 1 heterocycles. The molecule has 5 nitrogen and oxygen atoms in total. The second kappa shape index (κ2) is 6.35. The molecule has 108 valence electrons. The number of aromatic nitrogens is 2. The third-order valence-electron chi connectivity index (χ3n) is 3.59. The van der Waals surface area contributed by atoms with Crippen molar-refractivity contribution < 1.29 is 9.53 Å². The second-order valence-corrected chi connectivity index (χ2v) is 5.14. The van der Waals surface area contributed by atoms with Crippen LogP contribution in [-0.2, 0) is 4.79 Å². The summed E-state index contributed by atoms with van der Waals surface area (Å²) in [6, 6.07) is 7.31. The summed E-state index contributed by atoms with van der Waals surface area (Å²) in [5.41, 5.74) is 0.744. The van der Waals surface area contributed by atoms with E-state index in [9.17, 15) is 4.79 Å². The molecule has 1 aromatic heterocycles. The quantitative estimate of drug-likeness (QED) is 0.934.